The Hall–Kier alpha value is -3.76. The number of halogens is 1. The van der Waals surface area contributed by atoms with Gasteiger partial charge in [-0.1, -0.05) is 36.3 Å². The summed E-state index contributed by atoms with van der Waals surface area (Å²) in [5, 5.41) is 4.03. The van der Waals surface area contributed by atoms with Gasteiger partial charge in [-0.3, -0.25) is 4.79 Å². The van der Waals surface area contributed by atoms with Crippen LogP contribution in [0, 0.1) is 12.3 Å². The molecule has 0 heterocycles. The summed E-state index contributed by atoms with van der Waals surface area (Å²) in [5.74, 6) is 3.75. The molecule has 33 heavy (non-hydrogen) atoms. The molecule has 0 atom stereocenters. The van der Waals surface area contributed by atoms with Crippen LogP contribution in [0.3, 0.4) is 0 Å². The predicted octanol–water partition coefficient (Wildman–Crippen LogP) is 5.20. The van der Waals surface area contributed by atoms with Crippen molar-refractivity contribution in [2.75, 3.05) is 13.2 Å². The number of amides is 1. The fraction of sp³-hybridized carbons (Fsp3) is 0.154. The molecular weight excluding hydrogens is 484 g/mol. The largest absolute Gasteiger partial charge is 0.490 e. The first-order valence-electron chi connectivity index (χ1n) is 10.2. The van der Waals surface area contributed by atoms with Crippen LogP contribution >= 0.6 is 15.9 Å². The molecule has 7 heteroatoms. The summed E-state index contributed by atoms with van der Waals surface area (Å²) < 4.78 is 17.7. The number of carbonyl (C=O) groups is 1. The van der Waals surface area contributed by atoms with E-state index in [2.05, 4.69) is 32.4 Å². The highest BCUT2D eigenvalue weighted by Gasteiger charge is 2.12. The average molecular weight is 507 g/mol. The number of hydrogen-bond donors (Lipinski definition) is 1. The van der Waals surface area contributed by atoms with Gasteiger partial charge in [-0.25, -0.2) is 5.43 Å². The smallest absolute Gasteiger partial charge is 0.271 e. The van der Waals surface area contributed by atoms with Crippen molar-refractivity contribution in [1.82, 2.24) is 5.43 Å². The van der Waals surface area contributed by atoms with E-state index in [9.17, 15) is 4.79 Å². The van der Waals surface area contributed by atoms with E-state index in [1.54, 1.807) is 30.3 Å². The standard InChI is InChI=1S/C26H23BrN2O4/c1-3-14-32-23-12-10-20(15-22(23)27)17-28-29-26(30)21-11-13-24(25(16-21)31-4-2)33-18-19-8-6-5-7-9-19/h1,5-13,15-17H,4,14,18H2,2H3,(H,29,30)/b28-17+. The van der Waals surface area contributed by atoms with Gasteiger partial charge >= 0.3 is 0 Å². The van der Waals surface area contributed by atoms with Gasteiger partial charge in [0, 0.05) is 5.56 Å². The molecule has 0 saturated heterocycles. The highest BCUT2D eigenvalue weighted by Crippen LogP contribution is 2.29. The van der Waals surface area contributed by atoms with Gasteiger partial charge in [0.15, 0.2) is 11.5 Å². The van der Waals surface area contributed by atoms with Crippen molar-refractivity contribution in [3.63, 3.8) is 0 Å². The molecule has 0 radical (unpaired) electrons. The predicted molar refractivity (Wildman–Crippen MR) is 132 cm³/mol. The summed E-state index contributed by atoms with van der Waals surface area (Å²) in [7, 11) is 0. The van der Waals surface area contributed by atoms with Gasteiger partial charge < -0.3 is 14.2 Å². The number of rotatable bonds is 10. The van der Waals surface area contributed by atoms with Gasteiger partial charge in [0.05, 0.1) is 17.3 Å². The van der Waals surface area contributed by atoms with Crippen molar-refractivity contribution in [2.24, 2.45) is 5.10 Å². The maximum atomic E-state index is 12.6. The van der Waals surface area contributed by atoms with Gasteiger partial charge in [-0.2, -0.15) is 5.10 Å². The van der Waals surface area contributed by atoms with Crippen LogP contribution in [0.1, 0.15) is 28.4 Å². The summed E-state index contributed by atoms with van der Waals surface area (Å²) in [4.78, 5) is 12.6. The van der Waals surface area contributed by atoms with E-state index in [0.717, 1.165) is 15.6 Å². The number of ether oxygens (including phenoxy) is 3. The fourth-order valence-electron chi connectivity index (χ4n) is 2.84. The quantitative estimate of drug-likeness (QED) is 0.233. The van der Waals surface area contributed by atoms with E-state index < -0.39 is 0 Å². The van der Waals surface area contributed by atoms with Gasteiger partial charge in [0.25, 0.3) is 5.91 Å². The van der Waals surface area contributed by atoms with E-state index in [0.29, 0.717) is 36.0 Å². The Balaban J connectivity index is 1.63. The summed E-state index contributed by atoms with van der Waals surface area (Å²) >= 11 is 3.42. The Morgan fingerprint density at radius 3 is 2.55 bits per heavy atom. The molecule has 0 saturated carbocycles. The van der Waals surface area contributed by atoms with Gasteiger partial charge in [0.1, 0.15) is 19.0 Å². The Morgan fingerprint density at radius 2 is 1.82 bits per heavy atom. The molecule has 0 unspecified atom stereocenters. The van der Waals surface area contributed by atoms with Crippen LogP contribution in [-0.2, 0) is 6.61 Å². The molecule has 0 aliphatic carbocycles. The molecular formula is C26H23BrN2O4. The van der Waals surface area contributed by atoms with E-state index in [1.165, 1.54) is 6.21 Å². The van der Waals surface area contributed by atoms with Crippen LogP contribution in [0.25, 0.3) is 0 Å². The van der Waals surface area contributed by atoms with Crippen molar-refractivity contribution < 1.29 is 19.0 Å². The molecule has 3 aromatic rings. The van der Waals surface area contributed by atoms with E-state index >= 15 is 0 Å². The first kappa shape index (κ1) is 23.9. The molecule has 0 spiro atoms. The third kappa shape index (κ3) is 7.13. The lowest BCUT2D eigenvalue weighted by Gasteiger charge is -2.13. The van der Waals surface area contributed by atoms with Crippen molar-refractivity contribution >= 4 is 28.1 Å². The van der Waals surface area contributed by atoms with Crippen molar-refractivity contribution in [3.8, 4) is 29.6 Å². The summed E-state index contributed by atoms with van der Waals surface area (Å²) in [6.45, 7) is 2.90. The maximum absolute atomic E-state index is 12.6. The molecule has 6 nitrogen and oxygen atoms in total. The Bertz CT molecular complexity index is 1160. The lowest BCUT2D eigenvalue weighted by molar-refractivity contribution is 0.0954. The van der Waals surface area contributed by atoms with Gasteiger partial charge in [0.2, 0.25) is 0 Å². The molecule has 0 aliphatic rings. The third-order valence-electron chi connectivity index (χ3n) is 4.39. The molecule has 0 aliphatic heterocycles. The molecule has 1 N–H and O–H groups in total. The van der Waals surface area contributed by atoms with Crippen LogP contribution in [0.4, 0.5) is 0 Å². The number of nitrogens with one attached hydrogen (secondary N) is 1. The second-order valence-corrected chi connectivity index (χ2v) is 7.60. The number of carbonyl (C=O) groups excluding carboxylic acids is 1. The highest BCUT2D eigenvalue weighted by molar-refractivity contribution is 9.10. The minimum absolute atomic E-state index is 0.182. The molecule has 0 aromatic heterocycles. The fourth-order valence-corrected chi connectivity index (χ4v) is 3.35. The zero-order chi connectivity index (χ0) is 23.5. The minimum Gasteiger partial charge on any atom is -0.490 e. The summed E-state index contributed by atoms with van der Waals surface area (Å²) in [6, 6.07) is 20.2. The molecule has 3 rings (SSSR count). The topological polar surface area (TPSA) is 69.2 Å². The van der Waals surface area contributed by atoms with Crippen molar-refractivity contribution in [2.45, 2.75) is 13.5 Å². The lowest BCUT2D eigenvalue weighted by atomic mass is 10.2. The Morgan fingerprint density at radius 1 is 1.03 bits per heavy atom. The monoisotopic (exact) mass is 506 g/mol. The first-order valence-corrected chi connectivity index (χ1v) is 11.0. The average Bonchev–Trinajstić information content (AvgIpc) is 2.83. The molecule has 1 amide bonds. The number of terminal acetylenes is 1. The zero-order valence-electron chi connectivity index (χ0n) is 18.1. The Kier molecular flexibility index (Phi) is 8.92. The number of benzene rings is 3. The SMILES string of the molecule is C#CCOc1ccc(/C=N/NC(=O)c2ccc(OCc3ccccc3)c(OCC)c2)cc1Br. The van der Waals surface area contributed by atoms with Crippen molar-refractivity contribution in [1.29, 1.82) is 0 Å². The second-order valence-electron chi connectivity index (χ2n) is 6.75. The van der Waals surface area contributed by atoms with E-state index in [4.69, 9.17) is 20.6 Å². The van der Waals surface area contributed by atoms with E-state index in [-0.39, 0.29) is 12.5 Å². The normalized spacial score (nSPS) is 10.5. The summed E-state index contributed by atoms with van der Waals surface area (Å²) in [6.07, 6.45) is 6.74. The van der Waals surface area contributed by atoms with Crippen molar-refractivity contribution in [3.05, 3.63) is 87.9 Å². The van der Waals surface area contributed by atoms with Gasteiger partial charge in [-0.15, -0.1) is 6.42 Å². The highest BCUT2D eigenvalue weighted by atomic mass is 79.9. The van der Waals surface area contributed by atoms with Gasteiger partial charge in [-0.05, 0) is 70.4 Å². The Labute approximate surface area is 201 Å². The van der Waals surface area contributed by atoms with Crippen LogP contribution in [-0.4, -0.2) is 25.3 Å². The maximum Gasteiger partial charge on any atom is 0.271 e. The van der Waals surface area contributed by atoms with E-state index in [1.807, 2.05) is 43.3 Å². The zero-order valence-corrected chi connectivity index (χ0v) is 19.7. The number of hydrogen-bond acceptors (Lipinski definition) is 5. The van der Waals surface area contributed by atoms with Crippen LogP contribution < -0.4 is 19.6 Å². The molecule has 3 aromatic carbocycles. The third-order valence-corrected chi connectivity index (χ3v) is 5.01. The lowest BCUT2D eigenvalue weighted by Crippen LogP contribution is -2.17. The van der Waals surface area contributed by atoms with Crippen LogP contribution in [0.2, 0.25) is 0 Å². The second kappa shape index (κ2) is 12.3. The number of hydrazone groups is 1. The van der Waals surface area contributed by atoms with Crippen LogP contribution in [0.15, 0.2) is 76.3 Å². The van der Waals surface area contributed by atoms with Crippen LogP contribution in [0.5, 0.6) is 17.2 Å². The first-order chi connectivity index (χ1) is 16.1. The molecule has 0 fully saturated rings. The molecule has 168 valence electrons. The molecule has 0 bridgehead atoms. The summed E-state index contributed by atoms with van der Waals surface area (Å²) in [5.41, 5.74) is 4.74. The minimum atomic E-state index is -0.366. The number of nitrogens with zero attached hydrogens (tertiary/aromatic N) is 1.